The standard InChI is InChI=1S/C13H23FO4/c1-3-5-7-9-17-12(15)11(14)13(16)18-10-8-6-4-2/h11H,3-10H2,1-2H3. The summed E-state index contributed by atoms with van der Waals surface area (Å²) in [6.45, 7) is 4.31. The van der Waals surface area contributed by atoms with Crippen molar-refractivity contribution in [2.45, 2.75) is 58.5 Å². The van der Waals surface area contributed by atoms with Crippen molar-refractivity contribution in [2.24, 2.45) is 0 Å². The Morgan fingerprint density at radius 3 is 1.61 bits per heavy atom. The fourth-order valence-corrected chi connectivity index (χ4v) is 1.29. The lowest BCUT2D eigenvalue weighted by Crippen LogP contribution is -2.30. The summed E-state index contributed by atoms with van der Waals surface area (Å²) in [5.74, 6) is -2.29. The Balaban J connectivity index is 3.72. The van der Waals surface area contributed by atoms with Gasteiger partial charge in [0.1, 0.15) is 0 Å². The second-order valence-electron chi connectivity index (χ2n) is 4.11. The monoisotopic (exact) mass is 262 g/mol. The first-order valence-corrected chi connectivity index (χ1v) is 6.60. The maximum Gasteiger partial charge on any atom is 0.352 e. The van der Waals surface area contributed by atoms with Crippen molar-refractivity contribution < 1.29 is 23.5 Å². The lowest BCUT2D eigenvalue weighted by Gasteiger charge is -2.08. The lowest BCUT2D eigenvalue weighted by atomic mass is 10.3. The largest absolute Gasteiger partial charge is 0.463 e. The van der Waals surface area contributed by atoms with Crippen LogP contribution < -0.4 is 0 Å². The van der Waals surface area contributed by atoms with Gasteiger partial charge in [0.25, 0.3) is 6.17 Å². The van der Waals surface area contributed by atoms with Crippen molar-refractivity contribution >= 4 is 11.9 Å². The van der Waals surface area contributed by atoms with Gasteiger partial charge in [-0.1, -0.05) is 39.5 Å². The molecule has 0 aromatic rings. The predicted molar refractivity (Wildman–Crippen MR) is 65.9 cm³/mol. The van der Waals surface area contributed by atoms with E-state index >= 15 is 0 Å². The molecule has 0 heterocycles. The molecule has 0 saturated heterocycles. The van der Waals surface area contributed by atoms with Gasteiger partial charge in [-0.2, -0.15) is 0 Å². The number of unbranched alkanes of at least 4 members (excludes halogenated alkanes) is 4. The van der Waals surface area contributed by atoms with Crippen molar-refractivity contribution in [2.75, 3.05) is 13.2 Å². The van der Waals surface area contributed by atoms with Crippen molar-refractivity contribution in [1.29, 1.82) is 0 Å². The Kier molecular flexibility index (Phi) is 10.3. The SMILES string of the molecule is CCCCCOC(=O)C(F)C(=O)OCCCCC. The summed E-state index contributed by atoms with van der Waals surface area (Å²) in [5.41, 5.74) is 0. The molecular weight excluding hydrogens is 239 g/mol. The van der Waals surface area contributed by atoms with Gasteiger partial charge in [0.2, 0.25) is 0 Å². The third kappa shape index (κ3) is 8.03. The number of hydrogen-bond acceptors (Lipinski definition) is 4. The van der Waals surface area contributed by atoms with Crippen molar-refractivity contribution in [3.63, 3.8) is 0 Å². The first kappa shape index (κ1) is 16.9. The van der Waals surface area contributed by atoms with Crippen molar-refractivity contribution in [3.05, 3.63) is 0 Å². The normalized spacial score (nSPS) is 10.4. The molecule has 0 fully saturated rings. The van der Waals surface area contributed by atoms with Crippen LogP contribution in [0.1, 0.15) is 52.4 Å². The van der Waals surface area contributed by atoms with Crippen LogP contribution in [0, 0.1) is 0 Å². The lowest BCUT2D eigenvalue weighted by molar-refractivity contribution is -0.163. The Bertz CT molecular complexity index is 219. The molecule has 0 bridgehead atoms. The van der Waals surface area contributed by atoms with Crippen LogP contribution >= 0.6 is 0 Å². The van der Waals surface area contributed by atoms with Gasteiger partial charge in [-0.25, -0.2) is 14.0 Å². The topological polar surface area (TPSA) is 52.6 Å². The zero-order valence-electron chi connectivity index (χ0n) is 11.2. The minimum atomic E-state index is -2.31. The fraction of sp³-hybridized carbons (Fsp3) is 0.846. The molecule has 0 aliphatic rings. The number of halogens is 1. The van der Waals surface area contributed by atoms with Crippen LogP contribution in [0.4, 0.5) is 4.39 Å². The maximum absolute atomic E-state index is 13.3. The van der Waals surface area contributed by atoms with Gasteiger partial charge in [-0.3, -0.25) is 0 Å². The van der Waals surface area contributed by atoms with Crippen LogP contribution in [-0.2, 0) is 19.1 Å². The Labute approximate surface area is 108 Å². The van der Waals surface area contributed by atoms with Gasteiger partial charge >= 0.3 is 11.9 Å². The molecule has 0 aromatic carbocycles. The van der Waals surface area contributed by atoms with Gasteiger partial charge in [0.05, 0.1) is 13.2 Å². The van der Waals surface area contributed by atoms with Gasteiger partial charge in [0.15, 0.2) is 0 Å². The molecule has 0 atom stereocenters. The third-order valence-corrected chi connectivity index (χ3v) is 2.40. The maximum atomic E-state index is 13.3. The first-order chi connectivity index (χ1) is 8.63. The van der Waals surface area contributed by atoms with Crippen LogP contribution in [0.5, 0.6) is 0 Å². The molecule has 0 rings (SSSR count). The average molecular weight is 262 g/mol. The minimum Gasteiger partial charge on any atom is -0.463 e. The highest BCUT2D eigenvalue weighted by Gasteiger charge is 2.29. The van der Waals surface area contributed by atoms with E-state index < -0.39 is 18.1 Å². The summed E-state index contributed by atoms with van der Waals surface area (Å²) < 4.78 is 22.5. The molecule has 0 N–H and O–H groups in total. The number of hydrogen-bond donors (Lipinski definition) is 0. The molecule has 0 aliphatic carbocycles. The Morgan fingerprint density at radius 1 is 0.889 bits per heavy atom. The zero-order valence-corrected chi connectivity index (χ0v) is 11.2. The fourth-order valence-electron chi connectivity index (χ4n) is 1.29. The highest BCUT2D eigenvalue weighted by molar-refractivity contribution is 5.97. The van der Waals surface area contributed by atoms with Crippen LogP contribution in [0.25, 0.3) is 0 Å². The number of carbonyl (C=O) groups excluding carboxylic acids is 2. The van der Waals surface area contributed by atoms with E-state index in [4.69, 9.17) is 0 Å². The van der Waals surface area contributed by atoms with Crippen LogP contribution in [0.3, 0.4) is 0 Å². The summed E-state index contributed by atoms with van der Waals surface area (Å²) in [6.07, 6.45) is 2.83. The molecule has 5 heteroatoms. The van der Waals surface area contributed by atoms with Gasteiger partial charge < -0.3 is 9.47 Å². The molecule has 0 aromatic heterocycles. The second-order valence-corrected chi connectivity index (χ2v) is 4.11. The number of ether oxygens (including phenoxy) is 2. The molecule has 0 spiro atoms. The number of rotatable bonds is 10. The van der Waals surface area contributed by atoms with Crippen molar-refractivity contribution in [1.82, 2.24) is 0 Å². The summed E-state index contributed by atoms with van der Waals surface area (Å²) in [6, 6.07) is 0. The molecule has 4 nitrogen and oxygen atoms in total. The molecule has 0 aliphatic heterocycles. The van der Waals surface area contributed by atoms with E-state index in [1.807, 2.05) is 13.8 Å². The molecular formula is C13H23FO4. The van der Waals surface area contributed by atoms with E-state index in [1.54, 1.807) is 0 Å². The van der Waals surface area contributed by atoms with Gasteiger partial charge in [-0.15, -0.1) is 0 Å². The van der Waals surface area contributed by atoms with Crippen LogP contribution in [-0.4, -0.2) is 31.3 Å². The van der Waals surface area contributed by atoms with E-state index in [0.717, 1.165) is 25.7 Å². The summed E-state index contributed by atoms with van der Waals surface area (Å²) in [7, 11) is 0. The Morgan fingerprint density at radius 2 is 1.28 bits per heavy atom. The highest BCUT2D eigenvalue weighted by atomic mass is 19.1. The third-order valence-electron chi connectivity index (χ3n) is 2.40. The molecule has 106 valence electrons. The van der Waals surface area contributed by atoms with Crippen molar-refractivity contribution in [3.8, 4) is 0 Å². The van der Waals surface area contributed by atoms with E-state index in [-0.39, 0.29) is 13.2 Å². The van der Waals surface area contributed by atoms with E-state index in [1.165, 1.54) is 0 Å². The zero-order chi connectivity index (χ0) is 13.8. The van der Waals surface area contributed by atoms with E-state index in [9.17, 15) is 14.0 Å². The van der Waals surface area contributed by atoms with Crippen LogP contribution in [0.2, 0.25) is 0 Å². The van der Waals surface area contributed by atoms with Gasteiger partial charge in [0, 0.05) is 0 Å². The van der Waals surface area contributed by atoms with E-state index in [0.29, 0.717) is 12.8 Å². The first-order valence-electron chi connectivity index (χ1n) is 6.60. The molecule has 0 radical (unpaired) electrons. The van der Waals surface area contributed by atoms with Gasteiger partial charge in [-0.05, 0) is 12.8 Å². The molecule has 18 heavy (non-hydrogen) atoms. The number of alkyl halides is 1. The minimum absolute atomic E-state index is 0.149. The summed E-state index contributed by atoms with van der Waals surface area (Å²) in [5, 5.41) is 0. The number of carbonyl (C=O) groups is 2. The quantitative estimate of drug-likeness (QED) is 0.345. The highest BCUT2D eigenvalue weighted by Crippen LogP contribution is 2.03. The smallest absolute Gasteiger partial charge is 0.352 e. The Hall–Kier alpha value is -1.13. The predicted octanol–water partition coefficient (Wildman–Crippen LogP) is 2.79. The molecule has 0 saturated carbocycles. The second kappa shape index (κ2) is 11.0. The summed E-state index contributed by atoms with van der Waals surface area (Å²) >= 11 is 0. The average Bonchev–Trinajstić information content (AvgIpc) is 2.38. The van der Waals surface area contributed by atoms with Crippen LogP contribution in [0.15, 0.2) is 0 Å². The summed E-state index contributed by atoms with van der Waals surface area (Å²) in [4.78, 5) is 22.3. The molecule has 0 unspecified atom stereocenters. The number of esters is 2. The van der Waals surface area contributed by atoms with E-state index in [2.05, 4.69) is 9.47 Å². The molecule has 0 amide bonds.